The number of ether oxygens (including phenoxy) is 1. The highest BCUT2D eigenvalue weighted by Crippen LogP contribution is 2.37. The Hall–Kier alpha value is -2.13. The summed E-state index contributed by atoms with van der Waals surface area (Å²) in [5.74, 6) is -0.0835. The lowest BCUT2D eigenvalue weighted by molar-refractivity contribution is -0.140. The van der Waals surface area contributed by atoms with Gasteiger partial charge in [0.15, 0.2) is 6.10 Å². The Balaban J connectivity index is 1.57. The van der Waals surface area contributed by atoms with Crippen molar-refractivity contribution in [2.24, 2.45) is 5.92 Å². The SMILES string of the molecule is CC[C@@H]1Oc2cc(S(=O)(=O)N3CCC[C@@H](C(=O)N4CCCC[C@@H]4C)C3)c(C)cc2NC1=O. The van der Waals surface area contributed by atoms with Gasteiger partial charge in [-0.05, 0) is 64.0 Å². The Morgan fingerprint density at radius 2 is 1.97 bits per heavy atom. The molecule has 4 rings (SSSR count). The molecule has 32 heavy (non-hydrogen) atoms. The molecule has 0 unspecified atom stereocenters. The van der Waals surface area contributed by atoms with E-state index in [2.05, 4.69) is 12.2 Å². The van der Waals surface area contributed by atoms with Crippen molar-refractivity contribution in [1.82, 2.24) is 9.21 Å². The summed E-state index contributed by atoms with van der Waals surface area (Å²) in [6, 6.07) is 3.37. The minimum atomic E-state index is -3.80. The summed E-state index contributed by atoms with van der Waals surface area (Å²) in [5, 5.41) is 2.80. The van der Waals surface area contributed by atoms with Crippen molar-refractivity contribution >= 4 is 27.5 Å². The number of carbonyl (C=O) groups excluding carboxylic acids is 2. The number of carbonyl (C=O) groups is 2. The topological polar surface area (TPSA) is 96.0 Å². The van der Waals surface area contributed by atoms with E-state index in [-0.39, 0.29) is 35.2 Å². The monoisotopic (exact) mass is 463 g/mol. The summed E-state index contributed by atoms with van der Waals surface area (Å²) in [6.07, 6.45) is 4.38. The highest BCUT2D eigenvalue weighted by atomic mass is 32.2. The van der Waals surface area contributed by atoms with Crippen LogP contribution in [0.3, 0.4) is 0 Å². The van der Waals surface area contributed by atoms with Crippen LogP contribution in [0.15, 0.2) is 17.0 Å². The Morgan fingerprint density at radius 1 is 1.19 bits per heavy atom. The zero-order chi connectivity index (χ0) is 23.0. The summed E-state index contributed by atoms with van der Waals surface area (Å²) in [5.41, 5.74) is 1.03. The van der Waals surface area contributed by atoms with E-state index in [0.29, 0.717) is 42.8 Å². The molecule has 1 N–H and O–H groups in total. The molecule has 0 bridgehead atoms. The first-order chi connectivity index (χ1) is 15.2. The third-order valence-electron chi connectivity index (χ3n) is 6.90. The van der Waals surface area contributed by atoms with E-state index < -0.39 is 16.1 Å². The second-order valence-corrected chi connectivity index (χ2v) is 11.1. The van der Waals surface area contributed by atoms with Crippen molar-refractivity contribution in [3.63, 3.8) is 0 Å². The van der Waals surface area contributed by atoms with Crippen molar-refractivity contribution in [2.45, 2.75) is 76.3 Å². The van der Waals surface area contributed by atoms with E-state index in [0.717, 1.165) is 25.8 Å². The van der Waals surface area contributed by atoms with Gasteiger partial charge < -0.3 is 15.0 Å². The third kappa shape index (κ3) is 4.24. The van der Waals surface area contributed by atoms with E-state index in [1.165, 1.54) is 10.4 Å². The van der Waals surface area contributed by atoms with Gasteiger partial charge in [-0.3, -0.25) is 9.59 Å². The number of likely N-dealkylation sites (tertiary alicyclic amines) is 1. The van der Waals surface area contributed by atoms with Crippen LogP contribution in [0.1, 0.15) is 57.9 Å². The fourth-order valence-corrected chi connectivity index (χ4v) is 6.74. The van der Waals surface area contributed by atoms with Crippen LogP contribution in [0.2, 0.25) is 0 Å². The maximum atomic E-state index is 13.6. The molecule has 2 saturated heterocycles. The van der Waals surface area contributed by atoms with E-state index in [1.54, 1.807) is 13.0 Å². The Labute approximate surface area is 190 Å². The van der Waals surface area contributed by atoms with Gasteiger partial charge in [0, 0.05) is 31.7 Å². The molecule has 0 spiro atoms. The van der Waals surface area contributed by atoms with Crippen LogP contribution >= 0.6 is 0 Å². The van der Waals surface area contributed by atoms with Crippen molar-refractivity contribution in [2.75, 3.05) is 25.0 Å². The smallest absolute Gasteiger partial charge is 0.265 e. The largest absolute Gasteiger partial charge is 0.478 e. The van der Waals surface area contributed by atoms with Crippen molar-refractivity contribution in [1.29, 1.82) is 0 Å². The second-order valence-electron chi connectivity index (χ2n) is 9.20. The van der Waals surface area contributed by atoms with Crippen LogP contribution in [-0.2, 0) is 19.6 Å². The van der Waals surface area contributed by atoms with Gasteiger partial charge in [0.1, 0.15) is 5.75 Å². The average molecular weight is 464 g/mol. The minimum Gasteiger partial charge on any atom is -0.478 e. The molecule has 3 aliphatic rings. The lowest BCUT2D eigenvalue weighted by Crippen LogP contribution is -2.50. The average Bonchev–Trinajstić information content (AvgIpc) is 2.78. The molecule has 1 aromatic rings. The number of rotatable bonds is 4. The molecule has 8 nitrogen and oxygen atoms in total. The fourth-order valence-electron chi connectivity index (χ4n) is 4.99. The number of hydrogen-bond acceptors (Lipinski definition) is 5. The predicted molar refractivity (Wildman–Crippen MR) is 121 cm³/mol. The summed E-state index contributed by atoms with van der Waals surface area (Å²) in [6.45, 7) is 6.99. The molecule has 0 aliphatic carbocycles. The van der Waals surface area contributed by atoms with Gasteiger partial charge in [-0.1, -0.05) is 6.92 Å². The van der Waals surface area contributed by atoms with Gasteiger partial charge in [-0.15, -0.1) is 0 Å². The summed E-state index contributed by atoms with van der Waals surface area (Å²) in [4.78, 5) is 27.4. The second kappa shape index (κ2) is 9.02. The van der Waals surface area contributed by atoms with E-state index in [4.69, 9.17) is 4.74 Å². The lowest BCUT2D eigenvalue weighted by Gasteiger charge is -2.39. The molecule has 2 fully saturated rings. The maximum absolute atomic E-state index is 13.6. The highest BCUT2D eigenvalue weighted by molar-refractivity contribution is 7.89. The van der Waals surface area contributed by atoms with Gasteiger partial charge in [-0.2, -0.15) is 4.31 Å². The molecule has 3 atom stereocenters. The summed E-state index contributed by atoms with van der Waals surface area (Å²) in [7, 11) is -3.80. The van der Waals surface area contributed by atoms with Crippen molar-refractivity contribution < 1.29 is 22.7 Å². The molecule has 1 aromatic carbocycles. The lowest BCUT2D eigenvalue weighted by atomic mass is 9.95. The number of piperidine rings is 2. The maximum Gasteiger partial charge on any atom is 0.265 e. The molecule has 2 amide bonds. The van der Waals surface area contributed by atoms with Crippen LogP contribution in [0.4, 0.5) is 5.69 Å². The number of hydrogen-bond donors (Lipinski definition) is 1. The number of amides is 2. The number of nitrogens with zero attached hydrogens (tertiary/aromatic N) is 2. The molecule has 0 saturated carbocycles. The number of benzene rings is 1. The van der Waals surface area contributed by atoms with Gasteiger partial charge in [0.25, 0.3) is 5.91 Å². The number of nitrogens with one attached hydrogen (secondary N) is 1. The van der Waals surface area contributed by atoms with Gasteiger partial charge in [0.2, 0.25) is 15.9 Å². The standard InChI is InChI=1S/C23H33N3O5S/c1-4-19-22(27)24-18-12-15(2)21(13-20(18)31-19)32(29,30)25-10-7-9-17(14-25)23(28)26-11-6-5-8-16(26)3/h12-13,16-17,19H,4-11,14H2,1-3H3,(H,24,27)/t16-,17+,19-/m0/s1. The Bertz CT molecular complexity index is 1010. The van der Waals surface area contributed by atoms with Gasteiger partial charge in [0.05, 0.1) is 16.5 Å². The van der Waals surface area contributed by atoms with Crippen LogP contribution < -0.4 is 10.1 Å². The van der Waals surface area contributed by atoms with Crippen LogP contribution in [0, 0.1) is 12.8 Å². The van der Waals surface area contributed by atoms with Crippen LogP contribution in [-0.4, -0.2) is 61.2 Å². The molecule has 0 radical (unpaired) electrons. The minimum absolute atomic E-state index is 0.0797. The molecule has 3 heterocycles. The Kier molecular flexibility index (Phi) is 6.49. The van der Waals surface area contributed by atoms with Crippen LogP contribution in [0.5, 0.6) is 5.75 Å². The molecule has 176 valence electrons. The third-order valence-corrected chi connectivity index (χ3v) is 8.91. The molecule has 0 aromatic heterocycles. The zero-order valence-electron chi connectivity index (χ0n) is 19.1. The zero-order valence-corrected chi connectivity index (χ0v) is 19.9. The number of fused-ring (bicyclic) bond motifs is 1. The normalized spacial score (nSPS) is 26.8. The number of aryl methyl sites for hydroxylation is 1. The molecular weight excluding hydrogens is 430 g/mol. The van der Waals surface area contributed by atoms with Crippen LogP contribution in [0.25, 0.3) is 0 Å². The Morgan fingerprint density at radius 3 is 2.69 bits per heavy atom. The van der Waals surface area contributed by atoms with Crippen molar-refractivity contribution in [3.05, 3.63) is 17.7 Å². The molecular formula is C23H33N3O5S. The van der Waals surface area contributed by atoms with E-state index in [1.807, 2.05) is 11.8 Å². The number of sulfonamides is 1. The van der Waals surface area contributed by atoms with E-state index >= 15 is 0 Å². The molecule has 9 heteroatoms. The molecule has 3 aliphatic heterocycles. The fraction of sp³-hybridized carbons (Fsp3) is 0.652. The van der Waals surface area contributed by atoms with Gasteiger partial charge >= 0.3 is 0 Å². The predicted octanol–water partition coefficient (Wildman–Crippen LogP) is 2.91. The van der Waals surface area contributed by atoms with Gasteiger partial charge in [-0.25, -0.2) is 8.42 Å². The van der Waals surface area contributed by atoms with E-state index in [9.17, 15) is 18.0 Å². The summed E-state index contributed by atoms with van der Waals surface area (Å²) >= 11 is 0. The summed E-state index contributed by atoms with van der Waals surface area (Å²) < 4.78 is 34.4. The number of anilines is 1. The van der Waals surface area contributed by atoms with Crippen molar-refractivity contribution in [3.8, 4) is 5.75 Å². The highest BCUT2D eigenvalue weighted by Gasteiger charge is 2.38. The first kappa shape index (κ1) is 23.0. The quantitative estimate of drug-likeness (QED) is 0.741. The first-order valence-electron chi connectivity index (χ1n) is 11.6. The first-order valence-corrected chi connectivity index (χ1v) is 13.1.